The average molecular weight is 832 g/mol. The second-order valence-electron chi connectivity index (χ2n) is 15.6. The van der Waals surface area contributed by atoms with Crippen molar-refractivity contribution in [2.24, 2.45) is 5.92 Å². The molecule has 0 bridgehead atoms. The van der Waals surface area contributed by atoms with Crippen LogP contribution >= 0.6 is 11.3 Å². The number of nitriles is 1. The fourth-order valence-electron chi connectivity index (χ4n) is 9.61. The third-order valence-corrected chi connectivity index (χ3v) is 13.4. The summed E-state index contributed by atoms with van der Waals surface area (Å²) in [6, 6.07) is 3.67. The number of aromatic nitrogens is 2. The van der Waals surface area contributed by atoms with E-state index in [0.717, 1.165) is 24.6 Å². The SMILES string of the molecule is CCN(c1nc(OCC23CCCN2CC(F)C3)nc2c(F)c(-c3ccc(F)c4sc(N)c(C#N)c34)c(C(F)(F)F)cc12)C1CCN(C(=O)OC2COC3OCCC23)C1. The van der Waals surface area contributed by atoms with Crippen molar-refractivity contribution in [3.63, 3.8) is 0 Å². The van der Waals surface area contributed by atoms with Crippen LogP contribution in [-0.2, 0) is 20.4 Å². The number of thiophene rings is 1. The number of fused-ring (bicyclic) bond motifs is 4. The summed E-state index contributed by atoms with van der Waals surface area (Å²) < 4.78 is 116. The lowest BCUT2D eigenvalue weighted by molar-refractivity contribution is -0.137. The first-order valence-electron chi connectivity index (χ1n) is 19.3. The van der Waals surface area contributed by atoms with Gasteiger partial charge in [0.05, 0.1) is 40.5 Å². The molecule has 5 saturated heterocycles. The Morgan fingerprint density at radius 2 is 2.02 bits per heavy atom. The molecular weight excluding hydrogens is 793 g/mol. The predicted octanol–water partition coefficient (Wildman–Crippen LogP) is 7.02. The minimum Gasteiger partial charge on any atom is -0.461 e. The van der Waals surface area contributed by atoms with E-state index in [0.29, 0.717) is 43.8 Å². The number of hydrogen-bond donors (Lipinski definition) is 1. The molecule has 2 aromatic heterocycles. The first kappa shape index (κ1) is 38.9. The number of carbonyl (C=O) groups excluding carboxylic acids is 1. The van der Waals surface area contributed by atoms with Crippen LogP contribution in [0.3, 0.4) is 0 Å². The van der Waals surface area contributed by atoms with E-state index < -0.39 is 76.3 Å². The molecule has 0 aliphatic carbocycles. The molecular formula is C39H39F6N7O5S. The number of likely N-dealkylation sites (N-methyl/N-ethyl adjacent to an activating group) is 1. The van der Waals surface area contributed by atoms with Crippen molar-refractivity contribution in [2.45, 2.75) is 75.4 Å². The number of nitrogens with zero attached hydrogens (tertiary/aromatic N) is 6. The monoisotopic (exact) mass is 831 g/mol. The largest absolute Gasteiger partial charge is 0.461 e. The van der Waals surface area contributed by atoms with Crippen molar-refractivity contribution in [3.05, 3.63) is 41.0 Å². The van der Waals surface area contributed by atoms with Gasteiger partial charge in [0.25, 0.3) is 0 Å². The minimum absolute atomic E-state index is 0.0429. The van der Waals surface area contributed by atoms with E-state index in [1.165, 1.54) is 4.90 Å². The summed E-state index contributed by atoms with van der Waals surface area (Å²) in [4.78, 5) is 27.6. The van der Waals surface area contributed by atoms with Crippen LogP contribution in [0.25, 0.3) is 32.1 Å². The topological polar surface area (TPSA) is 139 Å². The summed E-state index contributed by atoms with van der Waals surface area (Å²) in [7, 11) is 0. The van der Waals surface area contributed by atoms with Gasteiger partial charge in [0.15, 0.2) is 12.1 Å². The van der Waals surface area contributed by atoms with Gasteiger partial charge in [-0.2, -0.15) is 28.4 Å². The number of halogens is 6. The maximum Gasteiger partial charge on any atom is 0.417 e. The average Bonchev–Trinajstić information content (AvgIpc) is 4.04. The van der Waals surface area contributed by atoms with Crippen molar-refractivity contribution in [3.8, 4) is 23.2 Å². The number of amides is 1. The fourth-order valence-corrected chi connectivity index (χ4v) is 10.6. The van der Waals surface area contributed by atoms with E-state index in [1.54, 1.807) is 11.8 Å². The summed E-state index contributed by atoms with van der Waals surface area (Å²) in [6.45, 7) is 3.91. The summed E-state index contributed by atoms with van der Waals surface area (Å²) >= 11 is 0.673. The Bertz CT molecular complexity index is 2340. The molecule has 0 saturated carbocycles. The van der Waals surface area contributed by atoms with Gasteiger partial charge in [0.1, 0.15) is 47.1 Å². The van der Waals surface area contributed by atoms with E-state index in [2.05, 4.69) is 9.97 Å². The van der Waals surface area contributed by atoms with E-state index in [-0.39, 0.29) is 89.6 Å². The summed E-state index contributed by atoms with van der Waals surface area (Å²) in [5.41, 5.74) is 1.81. The van der Waals surface area contributed by atoms with Gasteiger partial charge in [-0.1, -0.05) is 6.07 Å². The lowest BCUT2D eigenvalue weighted by atomic mass is 9.92. The Labute approximate surface area is 332 Å². The molecule has 58 heavy (non-hydrogen) atoms. The zero-order chi connectivity index (χ0) is 40.7. The molecule has 2 N–H and O–H groups in total. The highest BCUT2D eigenvalue weighted by Gasteiger charge is 2.50. The van der Waals surface area contributed by atoms with Gasteiger partial charge in [0, 0.05) is 55.0 Å². The zero-order valence-corrected chi connectivity index (χ0v) is 32.1. The third-order valence-electron chi connectivity index (χ3n) is 12.3. The molecule has 12 nitrogen and oxygen atoms in total. The van der Waals surface area contributed by atoms with Gasteiger partial charge in [0.2, 0.25) is 0 Å². The van der Waals surface area contributed by atoms with Crippen LogP contribution in [0.15, 0.2) is 18.2 Å². The molecule has 0 spiro atoms. The quantitative estimate of drug-likeness (QED) is 0.184. The number of nitrogens with two attached hydrogens (primary N) is 1. The highest BCUT2D eigenvalue weighted by molar-refractivity contribution is 7.23. The normalized spacial score (nSPS) is 27.1. The molecule has 308 valence electrons. The molecule has 2 aromatic carbocycles. The van der Waals surface area contributed by atoms with E-state index in [1.807, 2.05) is 11.0 Å². The first-order valence-corrected chi connectivity index (χ1v) is 20.1. The van der Waals surface area contributed by atoms with Gasteiger partial charge >= 0.3 is 18.3 Å². The van der Waals surface area contributed by atoms with Gasteiger partial charge in [-0.05, 0) is 56.8 Å². The minimum atomic E-state index is -5.15. The van der Waals surface area contributed by atoms with E-state index >= 15 is 22.0 Å². The fraction of sp³-hybridized carbons (Fsp3) is 0.538. The molecule has 4 aromatic rings. The molecule has 5 aliphatic heterocycles. The van der Waals surface area contributed by atoms with Crippen LogP contribution in [0.1, 0.15) is 50.2 Å². The molecule has 0 radical (unpaired) electrons. The summed E-state index contributed by atoms with van der Waals surface area (Å²) in [5.74, 6) is -2.37. The highest BCUT2D eigenvalue weighted by atomic mass is 32.1. The van der Waals surface area contributed by atoms with Gasteiger partial charge < -0.3 is 34.5 Å². The number of carbonyl (C=O) groups is 1. The van der Waals surface area contributed by atoms with Crippen molar-refractivity contribution in [2.75, 3.05) is 63.2 Å². The molecule has 19 heteroatoms. The predicted molar refractivity (Wildman–Crippen MR) is 200 cm³/mol. The number of anilines is 2. The van der Waals surface area contributed by atoms with Gasteiger partial charge in [-0.3, -0.25) is 4.90 Å². The highest BCUT2D eigenvalue weighted by Crippen LogP contribution is 2.49. The molecule has 5 aliphatic rings. The Morgan fingerprint density at radius 1 is 1.19 bits per heavy atom. The van der Waals surface area contributed by atoms with Crippen LogP contribution in [0, 0.1) is 28.9 Å². The maximum absolute atomic E-state index is 17.4. The number of benzene rings is 2. The summed E-state index contributed by atoms with van der Waals surface area (Å²) in [6.07, 6.45) is -4.94. The second-order valence-corrected chi connectivity index (χ2v) is 16.6. The number of hydrogen-bond acceptors (Lipinski definition) is 12. The molecule has 9 rings (SSSR count). The van der Waals surface area contributed by atoms with Crippen LogP contribution < -0.4 is 15.4 Å². The van der Waals surface area contributed by atoms with Gasteiger partial charge in [-0.15, -0.1) is 11.3 Å². The zero-order valence-electron chi connectivity index (χ0n) is 31.3. The maximum atomic E-state index is 17.4. The lowest BCUT2D eigenvalue weighted by Crippen LogP contribution is -2.43. The van der Waals surface area contributed by atoms with E-state index in [9.17, 15) is 14.4 Å². The summed E-state index contributed by atoms with van der Waals surface area (Å²) in [5, 5.41) is 9.24. The van der Waals surface area contributed by atoms with Crippen LogP contribution in [0.2, 0.25) is 0 Å². The van der Waals surface area contributed by atoms with Crippen molar-refractivity contribution in [1.82, 2.24) is 19.8 Å². The van der Waals surface area contributed by atoms with Crippen LogP contribution in [0.5, 0.6) is 6.01 Å². The smallest absolute Gasteiger partial charge is 0.417 e. The standard InChI is InChI=1S/C39H39F6N7O5S/c1-2-52(20-6-10-50(16-20)37(53)57-27-17-55-35-21(27)7-11-54-35)34-23-12-25(39(43,44)45)29(22-4-5-26(41)32-28(22)24(14-46)33(47)58-32)30(42)31(23)48-36(49-34)56-18-38-8-3-9-51(38)15-19(40)13-38/h4-5,12,19-21,27,35H,2-3,6-11,13,15-18,47H2,1H3. The number of alkyl halides is 4. The van der Waals surface area contributed by atoms with E-state index in [4.69, 9.17) is 24.7 Å². The molecule has 5 fully saturated rings. The number of nitrogen functional groups attached to an aromatic ring is 1. The number of ether oxygens (including phenoxy) is 4. The second kappa shape index (κ2) is 14.6. The third kappa shape index (κ3) is 6.43. The number of rotatable bonds is 8. The van der Waals surface area contributed by atoms with Crippen LogP contribution in [-0.4, -0.2) is 109 Å². The first-order chi connectivity index (χ1) is 27.8. The van der Waals surface area contributed by atoms with Crippen LogP contribution in [0.4, 0.5) is 42.0 Å². The lowest BCUT2D eigenvalue weighted by Gasteiger charge is -2.32. The van der Waals surface area contributed by atoms with Crippen molar-refractivity contribution in [1.29, 1.82) is 5.26 Å². The molecule has 6 unspecified atom stereocenters. The Balaban J connectivity index is 1.15. The Kier molecular flexibility index (Phi) is 9.76. The van der Waals surface area contributed by atoms with Gasteiger partial charge in [-0.25, -0.2) is 18.0 Å². The number of likely N-dealkylation sites (tertiary alicyclic amines) is 1. The Hall–Kier alpha value is -4.64. The molecule has 7 heterocycles. The molecule has 6 atom stereocenters. The molecule has 1 amide bonds. The Morgan fingerprint density at radius 3 is 2.79 bits per heavy atom. The van der Waals surface area contributed by atoms with Crippen molar-refractivity contribution >= 4 is 49.2 Å². The van der Waals surface area contributed by atoms with Crippen molar-refractivity contribution < 1.29 is 50.1 Å².